The van der Waals surface area contributed by atoms with Crippen molar-refractivity contribution >= 4 is 29.9 Å². The van der Waals surface area contributed by atoms with E-state index < -0.39 is 0 Å². The highest BCUT2D eigenvalue weighted by Crippen LogP contribution is 2.26. The van der Waals surface area contributed by atoms with E-state index in [1.165, 1.54) is 23.3 Å². The normalized spacial score (nSPS) is 17.1. The number of nitrogens with one attached hydrogen (secondary N) is 2. The van der Waals surface area contributed by atoms with Gasteiger partial charge in [0.15, 0.2) is 5.96 Å². The summed E-state index contributed by atoms with van der Waals surface area (Å²) < 4.78 is 24.5. The van der Waals surface area contributed by atoms with Crippen molar-refractivity contribution in [2.24, 2.45) is 4.99 Å². The third-order valence-corrected chi connectivity index (χ3v) is 5.89. The Labute approximate surface area is 206 Å². The van der Waals surface area contributed by atoms with E-state index in [2.05, 4.69) is 38.7 Å². The molecule has 1 fully saturated rings. The molecule has 4 rings (SSSR count). The second-order valence-corrected chi connectivity index (χ2v) is 7.89. The first-order valence-corrected chi connectivity index (χ1v) is 11.0. The van der Waals surface area contributed by atoms with Crippen molar-refractivity contribution in [1.82, 2.24) is 15.5 Å². The van der Waals surface area contributed by atoms with E-state index in [4.69, 9.17) is 9.47 Å². The summed E-state index contributed by atoms with van der Waals surface area (Å²) in [6.07, 6.45) is 1.91. The van der Waals surface area contributed by atoms with E-state index in [9.17, 15) is 4.39 Å². The molecule has 2 aliphatic heterocycles. The van der Waals surface area contributed by atoms with E-state index in [0.717, 1.165) is 69.6 Å². The van der Waals surface area contributed by atoms with E-state index in [-0.39, 0.29) is 35.8 Å². The molecule has 2 aliphatic rings. The number of nitrogens with zero attached hydrogens (tertiary/aromatic N) is 2. The van der Waals surface area contributed by atoms with Gasteiger partial charge >= 0.3 is 0 Å². The summed E-state index contributed by atoms with van der Waals surface area (Å²) in [5.41, 5.74) is 3.68. The molecule has 2 N–H and O–H groups in total. The van der Waals surface area contributed by atoms with Crippen LogP contribution in [0.5, 0.6) is 5.75 Å². The van der Waals surface area contributed by atoms with Crippen LogP contribution in [0.1, 0.15) is 22.7 Å². The molecule has 8 heteroatoms. The highest BCUT2D eigenvalue weighted by atomic mass is 127. The van der Waals surface area contributed by atoms with Crippen LogP contribution in [0.4, 0.5) is 4.39 Å². The van der Waals surface area contributed by atoms with Gasteiger partial charge in [0, 0.05) is 39.6 Å². The van der Waals surface area contributed by atoms with Gasteiger partial charge in [-0.15, -0.1) is 24.0 Å². The fourth-order valence-corrected chi connectivity index (χ4v) is 4.17. The zero-order valence-electron chi connectivity index (χ0n) is 18.5. The summed E-state index contributed by atoms with van der Waals surface area (Å²) in [6.45, 7) is 5.41. The van der Waals surface area contributed by atoms with Crippen molar-refractivity contribution in [1.29, 1.82) is 0 Å². The lowest BCUT2D eigenvalue weighted by Gasteiger charge is -2.35. The largest absolute Gasteiger partial charge is 0.493 e. The smallest absolute Gasteiger partial charge is 0.191 e. The van der Waals surface area contributed by atoms with E-state index >= 15 is 0 Å². The first-order chi connectivity index (χ1) is 15.2. The molecule has 0 amide bonds. The molecule has 0 saturated carbocycles. The Balaban J connectivity index is 0.00000289. The lowest BCUT2D eigenvalue weighted by Crippen LogP contribution is -2.46. The quantitative estimate of drug-likeness (QED) is 0.313. The Hall–Kier alpha value is -1.91. The van der Waals surface area contributed by atoms with E-state index in [1.807, 2.05) is 12.1 Å². The molecule has 0 aromatic heterocycles. The minimum atomic E-state index is -0.215. The number of morpholine rings is 1. The van der Waals surface area contributed by atoms with Crippen molar-refractivity contribution in [3.05, 3.63) is 65.0 Å². The van der Waals surface area contributed by atoms with Gasteiger partial charge in [-0.3, -0.25) is 9.89 Å². The summed E-state index contributed by atoms with van der Waals surface area (Å²) in [5.74, 6) is 1.57. The number of benzene rings is 2. The van der Waals surface area contributed by atoms with Crippen LogP contribution < -0.4 is 15.4 Å². The number of guanidine groups is 1. The van der Waals surface area contributed by atoms with Crippen molar-refractivity contribution in [2.75, 3.05) is 53.0 Å². The third-order valence-electron chi connectivity index (χ3n) is 5.89. The summed E-state index contributed by atoms with van der Waals surface area (Å²) in [4.78, 5) is 6.75. The molecular formula is C24H32FIN4O2. The van der Waals surface area contributed by atoms with Crippen LogP contribution in [-0.2, 0) is 17.6 Å². The fraction of sp³-hybridized carbons (Fsp3) is 0.458. The van der Waals surface area contributed by atoms with Gasteiger partial charge < -0.3 is 20.1 Å². The molecule has 0 bridgehead atoms. The molecule has 32 heavy (non-hydrogen) atoms. The fourth-order valence-electron chi connectivity index (χ4n) is 4.17. The molecule has 2 heterocycles. The lowest BCUT2D eigenvalue weighted by atomic mass is 10.0. The predicted molar refractivity (Wildman–Crippen MR) is 136 cm³/mol. The highest BCUT2D eigenvalue weighted by molar-refractivity contribution is 14.0. The number of hydrogen-bond donors (Lipinski definition) is 2. The average molecular weight is 554 g/mol. The Morgan fingerprint density at radius 3 is 2.62 bits per heavy atom. The van der Waals surface area contributed by atoms with Gasteiger partial charge in [0.05, 0.1) is 25.9 Å². The van der Waals surface area contributed by atoms with Crippen molar-refractivity contribution in [3.8, 4) is 5.75 Å². The maximum Gasteiger partial charge on any atom is 0.191 e. The summed E-state index contributed by atoms with van der Waals surface area (Å²) in [6, 6.07) is 13.3. The van der Waals surface area contributed by atoms with Gasteiger partial charge in [0.1, 0.15) is 11.6 Å². The topological polar surface area (TPSA) is 58.1 Å². The van der Waals surface area contributed by atoms with Crippen LogP contribution in [0.3, 0.4) is 0 Å². The molecule has 1 atom stereocenters. The van der Waals surface area contributed by atoms with Crippen LogP contribution in [0.25, 0.3) is 0 Å². The van der Waals surface area contributed by atoms with Gasteiger partial charge in [-0.1, -0.05) is 24.3 Å². The Bertz CT molecular complexity index is 888. The van der Waals surface area contributed by atoms with Crippen molar-refractivity contribution in [3.63, 3.8) is 0 Å². The van der Waals surface area contributed by atoms with Crippen LogP contribution in [0.2, 0.25) is 0 Å². The minimum Gasteiger partial charge on any atom is -0.493 e. The molecule has 1 unspecified atom stereocenters. The Morgan fingerprint density at radius 2 is 1.88 bits per heavy atom. The highest BCUT2D eigenvalue weighted by Gasteiger charge is 2.23. The monoisotopic (exact) mass is 554 g/mol. The van der Waals surface area contributed by atoms with E-state index in [1.54, 1.807) is 7.05 Å². The molecule has 1 saturated heterocycles. The standard InChI is InChI=1S/C24H31FN4O2.HI/c1-26-24(27-10-8-18-2-7-23-20(16-18)9-13-31-23)28-17-22(29-11-14-30-15-12-29)19-3-5-21(25)6-4-19;/h2-7,16,22H,8-15,17H2,1H3,(H2,26,27,28);1H. The zero-order chi connectivity index (χ0) is 21.5. The first-order valence-electron chi connectivity index (χ1n) is 11.0. The van der Waals surface area contributed by atoms with Crippen molar-refractivity contribution in [2.45, 2.75) is 18.9 Å². The molecule has 0 radical (unpaired) electrons. The second kappa shape index (κ2) is 12.4. The molecule has 2 aromatic carbocycles. The SMILES string of the molecule is CN=C(NCCc1ccc2c(c1)CCO2)NCC(c1ccc(F)cc1)N1CCOCC1.I. The third kappa shape index (κ3) is 6.55. The first kappa shape index (κ1) is 24.7. The van der Waals surface area contributed by atoms with Crippen molar-refractivity contribution < 1.29 is 13.9 Å². The van der Waals surface area contributed by atoms with Crippen LogP contribution in [0.15, 0.2) is 47.5 Å². The van der Waals surface area contributed by atoms with Crippen LogP contribution >= 0.6 is 24.0 Å². The molecular weight excluding hydrogens is 522 g/mol. The molecule has 6 nitrogen and oxygen atoms in total. The number of fused-ring (bicyclic) bond motifs is 1. The van der Waals surface area contributed by atoms with Gasteiger partial charge in [0.2, 0.25) is 0 Å². The number of aliphatic imine (C=N–C) groups is 1. The number of rotatable bonds is 7. The Morgan fingerprint density at radius 1 is 1.09 bits per heavy atom. The predicted octanol–water partition coefficient (Wildman–Crippen LogP) is 3.16. The van der Waals surface area contributed by atoms with Gasteiger partial charge in [-0.25, -0.2) is 4.39 Å². The zero-order valence-corrected chi connectivity index (χ0v) is 20.8. The number of ether oxygens (including phenoxy) is 2. The molecule has 2 aromatic rings. The van der Waals surface area contributed by atoms with Gasteiger partial charge in [-0.05, 0) is 41.3 Å². The van der Waals surface area contributed by atoms with E-state index in [0.29, 0.717) is 6.54 Å². The lowest BCUT2D eigenvalue weighted by molar-refractivity contribution is 0.0170. The molecule has 0 aliphatic carbocycles. The minimum absolute atomic E-state index is 0. The van der Waals surface area contributed by atoms with Gasteiger partial charge in [-0.2, -0.15) is 0 Å². The number of hydrogen-bond acceptors (Lipinski definition) is 4. The molecule has 174 valence electrons. The average Bonchev–Trinajstić information content (AvgIpc) is 3.28. The maximum atomic E-state index is 13.4. The van der Waals surface area contributed by atoms with Gasteiger partial charge in [0.25, 0.3) is 0 Å². The second-order valence-electron chi connectivity index (χ2n) is 7.89. The Kier molecular flexibility index (Phi) is 9.55. The summed E-state index contributed by atoms with van der Waals surface area (Å²) in [5, 5.41) is 6.86. The number of halogens is 2. The van der Waals surface area contributed by atoms with Crippen LogP contribution in [0, 0.1) is 5.82 Å². The maximum absolute atomic E-state index is 13.4. The summed E-state index contributed by atoms with van der Waals surface area (Å²) >= 11 is 0. The van der Waals surface area contributed by atoms with Crippen LogP contribution in [-0.4, -0.2) is 63.9 Å². The summed E-state index contributed by atoms with van der Waals surface area (Å²) in [7, 11) is 1.78. The molecule has 0 spiro atoms.